The molecule has 1 N–H and O–H groups in total. The number of carbonyl (C=O) groups excluding carboxylic acids is 2. The first-order valence-electron chi connectivity index (χ1n) is 8.70. The Morgan fingerprint density at radius 1 is 1.03 bits per heavy atom. The van der Waals surface area contributed by atoms with E-state index in [0.717, 1.165) is 5.56 Å². The van der Waals surface area contributed by atoms with Gasteiger partial charge in [-0.15, -0.1) is 0 Å². The van der Waals surface area contributed by atoms with Crippen molar-refractivity contribution in [2.24, 2.45) is 0 Å². The van der Waals surface area contributed by atoms with Gasteiger partial charge in [0.05, 0.1) is 14.2 Å². The number of nitrogens with one attached hydrogen (secondary N) is 1. The number of amides is 1. The molecule has 0 aliphatic heterocycles. The Bertz CT molecular complexity index is 899. The molecule has 2 aromatic carbocycles. The van der Waals surface area contributed by atoms with Crippen LogP contribution in [0.3, 0.4) is 0 Å². The maximum Gasteiger partial charge on any atom is 0.331 e. The molecular formula is C21H21Cl2NO5. The Balaban J connectivity index is 1.74. The van der Waals surface area contributed by atoms with E-state index in [1.165, 1.54) is 12.2 Å². The molecule has 0 aliphatic rings. The second-order valence-corrected chi connectivity index (χ2v) is 6.74. The molecular weight excluding hydrogens is 417 g/mol. The molecule has 0 saturated heterocycles. The van der Waals surface area contributed by atoms with Crippen molar-refractivity contribution in [3.05, 3.63) is 63.6 Å². The first kappa shape index (κ1) is 22.6. The Kier molecular flexibility index (Phi) is 8.83. The lowest BCUT2D eigenvalue weighted by Crippen LogP contribution is -2.30. The van der Waals surface area contributed by atoms with Crippen molar-refractivity contribution in [1.82, 2.24) is 5.32 Å². The third-order valence-corrected chi connectivity index (χ3v) is 4.45. The minimum absolute atomic E-state index is 0.372. The fourth-order valence-corrected chi connectivity index (χ4v) is 2.88. The highest BCUT2D eigenvalue weighted by Crippen LogP contribution is 2.27. The molecule has 6 nitrogen and oxygen atoms in total. The van der Waals surface area contributed by atoms with Gasteiger partial charge < -0.3 is 19.5 Å². The normalized spacial score (nSPS) is 10.6. The lowest BCUT2D eigenvalue weighted by molar-refractivity contribution is -0.143. The van der Waals surface area contributed by atoms with E-state index in [0.29, 0.717) is 40.1 Å². The van der Waals surface area contributed by atoms with E-state index in [2.05, 4.69) is 5.32 Å². The Morgan fingerprint density at radius 3 is 2.48 bits per heavy atom. The van der Waals surface area contributed by atoms with Gasteiger partial charge in [0.1, 0.15) is 0 Å². The van der Waals surface area contributed by atoms with Crippen LogP contribution in [0.15, 0.2) is 42.5 Å². The van der Waals surface area contributed by atoms with E-state index in [4.69, 9.17) is 37.4 Å². The van der Waals surface area contributed by atoms with Crippen LogP contribution in [-0.2, 0) is 20.7 Å². The average Bonchev–Trinajstić information content (AvgIpc) is 2.71. The lowest BCUT2D eigenvalue weighted by Gasteiger charge is -2.10. The van der Waals surface area contributed by atoms with Gasteiger partial charge in [0.25, 0.3) is 5.91 Å². The van der Waals surface area contributed by atoms with Gasteiger partial charge in [-0.25, -0.2) is 4.79 Å². The number of ether oxygens (including phenoxy) is 3. The number of methoxy groups -OCH3 is 2. The maximum atomic E-state index is 11.8. The SMILES string of the molecule is COc1ccc(CCNC(=O)COC(=O)C=Cc2ccc(Cl)cc2Cl)cc1OC. The van der Waals surface area contributed by atoms with E-state index >= 15 is 0 Å². The number of hydrogen-bond acceptors (Lipinski definition) is 5. The third-order valence-electron chi connectivity index (χ3n) is 3.89. The number of benzene rings is 2. The molecule has 0 heterocycles. The Morgan fingerprint density at radius 2 is 1.79 bits per heavy atom. The third kappa shape index (κ3) is 7.33. The molecule has 0 unspecified atom stereocenters. The standard InChI is InChI=1S/C21H21Cl2NO5/c1-27-18-7-3-14(11-19(18)28-2)9-10-24-20(25)13-29-21(26)8-5-15-4-6-16(22)12-17(15)23/h3-8,11-12H,9-10,13H2,1-2H3,(H,24,25). The van der Waals surface area contributed by atoms with E-state index < -0.39 is 11.9 Å². The summed E-state index contributed by atoms with van der Waals surface area (Å²) in [5, 5.41) is 3.60. The molecule has 29 heavy (non-hydrogen) atoms. The van der Waals surface area contributed by atoms with Crippen LogP contribution in [-0.4, -0.2) is 39.2 Å². The number of hydrogen-bond donors (Lipinski definition) is 1. The molecule has 0 aliphatic carbocycles. The number of rotatable bonds is 9. The van der Waals surface area contributed by atoms with E-state index in [1.54, 1.807) is 38.5 Å². The number of carbonyl (C=O) groups is 2. The summed E-state index contributed by atoms with van der Waals surface area (Å²) in [6, 6.07) is 10.4. The second-order valence-electron chi connectivity index (χ2n) is 5.90. The van der Waals surface area contributed by atoms with E-state index in [-0.39, 0.29) is 6.61 Å². The van der Waals surface area contributed by atoms with Crippen molar-refractivity contribution in [3.63, 3.8) is 0 Å². The van der Waals surface area contributed by atoms with Crippen LogP contribution in [0.1, 0.15) is 11.1 Å². The molecule has 154 valence electrons. The molecule has 0 spiro atoms. The highest BCUT2D eigenvalue weighted by molar-refractivity contribution is 6.35. The predicted octanol–water partition coefficient (Wildman–Crippen LogP) is 3.93. The molecule has 0 aromatic heterocycles. The molecule has 0 bridgehead atoms. The Labute approximate surface area is 179 Å². The average molecular weight is 438 g/mol. The minimum Gasteiger partial charge on any atom is -0.493 e. The first-order valence-corrected chi connectivity index (χ1v) is 9.46. The second kappa shape index (κ2) is 11.3. The zero-order valence-corrected chi connectivity index (χ0v) is 17.5. The summed E-state index contributed by atoms with van der Waals surface area (Å²) >= 11 is 11.8. The van der Waals surface area contributed by atoms with Crippen LogP contribution >= 0.6 is 23.2 Å². The molecule has 2 aromatic rings. The quantitative estimate of drug-likeness (QED) is 0.475. The summed E-state index contributed by atoms with van der Waals surface area (Å²) in [5.74, 6) is 0.223. The topological polar surface area (TPSA) is 73.9 Å². The van der Waals surface area contributed by atoms with Gasteiger partial charge >= 0.3 is 5.97 Å². The van der Waals surface area contributed by atoms with Crippen molar-refractivity contribution < 1.29 is 23.8 Å². The van der Waals surface area contributed by atoms with Gasteiger partial charge in [-0.2, -0.15) is 0 Å². The van der Waals surface area contributed by atoms with Crippen LogP contribution < -0.4 is 14.8 Å². The summed E-state index contributed by atoms with van der Waals surface area (Å²) < 4.78 is 15.3. The van der Waals surface area contributed by atoms with Crippen LogP contribution in [0.25, 0.3) is 6.08 Å². The highest BCUT2D eigenvalue weighted by Gasteiger charge is 2.07. The minimum atomic E-state index is -0.647. The maximum absolute atomic E-state index is 11.8. The Hall–Kier alpha value is -2.70. The van der Waals surface area contributed by atoms with Crippen LogP contribution in [0.5, 0.6) is 11.5 Å². The predicted molar refractivity (Wildman–Crippen MR) is 113 cm³/mol. The fourth-order valence-electron chi connectivity index (χ4n) is 2.41. The van der Waals surface area contributed by atoms with Gasteiger partial charge in [0, 0.05) is 22.7 Å². The van der Waals surface area contributed by atoms with Gasteiger partial charge in [-0.1, -0.05) is 35.3 Å². The van der Waals surface area contributed by atoms with Crippen molar-refractivity contribution in [3.8, 4) is 11.5 Å². The summed E-state index contributed by atoms with van der Waals surface area (Å²) in [6.07, 6.45) is 3.29. The zero-order valence-electron chi connectivity index (χ0n) is 16.0. The zero-order chi connectivity index (χ0) is 21.2. The largest absolute Gasteiger partial charge is 0.493 e. The molecule has 8 heteroatoms. The highest BCUT2D eigenvalue weighted by atomic mass is 35.5. The van der Waals surface area contributed by atoms with E-state index in [9.17, 15) is 9.59 Å². The molecule has 0 atom stereocenters. The van der Waals surface area contributed by atoms with Crippen LogP contribution in [0, 0.1) is 0 Å². The van der Waals surface area contributed by atoms with Crippen LogP contribution in [0.2, 0.25) is 10.0 Å². The fraction of sp³-hybridized carbons (Fsp3) is 0.238. The van der Waals surface area contributed by atoms with Crippen molar-refractivity contribution in [2.45, 2.75) is 6.42 Å². The van der Waals surface area contributed by atoms with Gasteiger partial charge in [-0.3, -0.25) is 4.79 Å². The monoisotopic (exact) mass is 437 g/mol. The van der Waals surface area contributed by atoms with Crippen molar-refractivity contribution in [2.75, 3.05) is 27.4 Å². The number of esters is 1. The van der Waals surface area contributed by atoms with Gasteiger partial charge in [-0.05, 0) is 47.9 Å². The molecule has 0 fully saturated rings. The molecule has 0 saturated carbocycles. The molecule has 2 rings (SSSR count). The van der Waals surface area contributed by atoms with Gasteiger partial charge in [0.15, 0.2) is 18.1 Å². The summed E-state index contributed by atoms with van der Waals surface area (Å²) in [7, 11) is 3.13. The number of halogens is 2. The smallest absolute Gasteiger partial charge is 0.331 e. The van der Waals surface area contributed by atoms with Crippen LogP contribution in [0.4, 0.5) is 0 Å². The first-order chi connectivity index (χ1) is 13.9. The van der Waals surface area contributed by atoms with E-state index in [1.807, 2.05) is 12.1 Å². The van der Waals surface area contributed by atoms with Crippen molar-refractivity contribution in [1.29, 1.82) is 0 Å². The summed E-state index contributed by atoms with van der Waals surface area (Å²) in [5.41, 5.74) is 1.59. The summed E-state index contributed by atoms with van der Waals surface area (Å²) in [6.45, 7) is 0.0194. The molecule has 0 radical (unpaired) electrons. The lowest BCUT2D eigenvalue weighted by atomic mass is 10.1. The summed E-state index contributed by atoms with van der Waals surface area (Å²) in [4.78, 5) is 23.6. The van der Waals surface area contributed by atoms with Crippen molar-refractivity contribution >= 4 is 41.2 Å². The van der Waals surface area contributed by atoms with Gasteiger partial charge in [0.2, 0.25) is 0 Å². The molecule has 1 amide bonds.